The van der Waals surface area contributed by atoms with Crippen LogP contribution in [0.1, 0.15) is 85.5 Å². The zero-order chi connectivity index (χ0) is 52.2. The highest BCUT2D eigenvalue weighted by Crippen LogP contribution is 2.71. The Balaban J connectivity index is 0.813. The predicted octanol–water partition coefficient (Wildman–Crippen LogP) is -3.30. The second-order valence-corrected chi connectivity index (χ2v) is 24.1. The molecule has 0 radical (unpaired) electrons. The van der Waals surface area contributed by atoms with E-state index in [1.807, 2.05) is 0 Å². The number of hydrogen-bond acceptors (Lipinski definition) is 23. The fourth-order valence-corrected chi connectivity index (χ4v) is 15.8. The third kappa shape index (κ3) is 9.59. The first-order valence-electron chi connectivity index (χ1n) is 26.8. The molecule has 73 heavy (non-hydrogen) atoms. The summed E-state index contributed by atoms with van der Waals surface area (Å²) in [6.07, 6.45) is -26.1. The lowest BCUT2D eigenvalue weighted by atomic mass is 9.43. The van der Waals surface area contributed by atoms with Crippen LogP contribution in [0.2, 0.25) is 0 Å². The SMILES string of the molecule is C[C@@H]1CC[C@@]2(OC1)O[C@H]1C[C@H]3[C@@H]4C[C@@H](O)[C@H]5C[C@@H](O[C@@H]6O[C@H](CO[C@@H]7O[C@H](CO)[C@@H](O)[C@H](O[C@@H]8OC[C@@H](O)[C@H](O)[C@H]8O)[C@H]7O[C@@H]7O[C@H](CO)[C@@H](O)[C@H](O)[C@H]7O)[C@H](O)[C@H](O)[C@H]6O)CC[C@]5(C)[C@H]4CC[C@]3(C)[C@H]1[C@@H]2C. The molecule has 4 saturated carbocycles. The Morgan fingerprint density at radius 2 is 1.14 bits per heavy atom. The van der Waals surface area contributed by atoms with Gasteiger partial charge in [0.1, 0.15) is 91.6 Å². The third-order valence-electron chi connectivity index (χ3n) is 20.0. The second kappa shape index (κ2) is 21.3. The molecule has 10 rings (SSSR count). The van der Waals surface area contributed by atoms with E-state index in [-0.39, 0.29) is 28.8 Å². The van der Waals surface area contributed by atoms with Gasteiger partial charge in [-0.25, -0.2) is 0 Å². The van der Waals surface area contributed by atoms with Crippen LogP contribution in [-0.2, 0) is 47.4 Å². The molecular formula is C50H82O23. The largest absolute Gasteiger partial charge is 0.394 e. The summed E-state index contributed by atoms with van der Waals surface area (Å²) in [7, 11) is 0. The maximum absolute atomic E-state index is 12.1. The van der Waals surface area contributed by atoms with E-state index >= 15 is 0 Å². The number of rotatable bonds is 11. The quantitative estimate of drug-likeness (QED) is 0.0902. The van der Waals surface area contributed by atoms with Gasteiger partial charge < -0.3 is 114 Å². The Hall–Kier alpha value is -0.920. The minimum atomic E-state index is -1.98. The summed E-state index contributed by atoms with van der Waals surface area (Å²) in [5.74, 6) is 1.71. The molecule has 10 aliphatic rings. The average molecular weight is 1050 g/mol. The second-order valence-electron chi connectivity index (χ2n) is 24.1. The van der Waals surface area contributed by atoms with Crippen LogP contribution in [0, 0.1) is 52.3 Å². The first kappa shape index (κ1) is 55.4. The molecular weight excluding hydrogens is 969 g/mol. The number of fused-ring (bicyclic) bond motifs is 7. The van der Waals surface area contributed by atoms with Crippen molar-refractivity contribution in [2.45, 2.75) is 226 Å². The molecule has 0 unspecified atom stereocenters. The van der Waals surface area contributed by atoms with Gasteiger partial charge in [-0.2, -0.15) is 0 Å². The van der Waals surface area contributed by atoms with E-state index < -0.39 is 161 Å². The molecule has 13 N–H and O–H groups in total. The number of ether oxygens (including phenoxy) is 10. The number of hydrogen-bond donors (Lipinski definition) is 13. The van der Waals surface area contributed by atoms with Crippen LogP contribution in [0.25, 0.3) is 0 Å². The van der Waals surface area contributed by atoms with Crippen LogP contribution in [0.4, 0.5) is 0 Å². The van der Waals surface area contributed by atoms with Gasteiger partial charge in [0.25, 0.3) is 0 Å². The Labute approximate surface area is 424 Å². The number of aliphatic hydroxyl groups is 13. The predicted molar refractivity (Wildman–Crippen MR) is 244 cm³/mol. The number of aliphatic hydroxyl groups excluding tert-OH is 13. The summed E-state index contributed by atoms with van der Waals surface area (Å²) < 4.78 is 61.0. The van der Waals surface area contributed by atoms with E-state index in [0.717, 1.165) is 45.1 Å². The van der Waals surface area contributed by atoms with Gasteiger partial charge >= 0.3 is 0 Å². The lowest BCUT2D eigenvalue weighted by Gasteiger charge is -2.62. The van der Waals surface area contributed by atoms with Crippen molar-refractivity contribution in [2.75, 3.05) is 33.0 Å². The van der Waals surface area contributed by atoms with Crippen molar-refractivity contribution >= 4 is 0 Å². The Morgan fingerprint density at radius 1 is 0.521 bits per heavy atom. The van der Waals surface area contributed by atoms with Crippen molar-refractivity contribution in [2.24, 2.45) is 52.3 Å². The van der Waals surface area contributed by atoms with Crippen LogP contribution in [-0.4, -0.2) is 240 Å². The van der Waals surface area contributed by atoms with Gasteiger partial charge in [-0.1, -0.05) is 27.7 Å². The molecule has 6 saturated heterocycles. The molecule has 0 aromatic carbocycles. The normalized spacial score (nSPS) is 58.2. The summed E-state index contributed by atoms with van der Waals surface area (Å²) in [5, 5.41) is 141. The van der Waals surface area contributed by atoms with Gasteiger partial charge in [-0.3, -0.25) is 0 Å². The van der Waals surface area contributed by atoms with E-state index in [4.69, 9.17) is 47.4 Å². The molecule has 10 fully saturated rings. The Bertz CT molecular complexity index is 1860. The van der Waals surface area contributed by atoms with Gasteiger partial charge in [0, 0.05) is 12.3 Å². The molecule has 6 heterocycles. The molecule has 420 valence electrons. The van der Waals surface area contributed by atoms with Crippen molar-refractivity contribution in [3.8, 4) is 0 Å². The van der Waals surface area contributed by atoms with Crippen LogP contribution >= 0.6 is 0 Å². The third-order valence-corrected chi connectivity index (χ3v) is 20.0. The highest BCUT2D eigenvalue weighted by Gasteiger charge is 2.70. The Kier molecular flexibility index (Phi) is 16.1. The monoisotopic (exact) mass is 1050 g/mol. The van der Waals surface area contributed by atoms with E-state index in [0.29, 0.717) is 48.9 Å². The molecule has 1 spiro atoms. The summed E-state index contributed by atoms with van der Waals surface area (Å²) in [5.41, 5.74) is -0.111. The first-order valence-corrected chi connectivity index (χ1v) is 26.8. The Morgan fingerprint density at radius 3 is 1.82 bits per heavy atom. The lowest BCUT2D eigenvalue weighted by molar-refractivity contribution is -0.391. The molecule has 0 amide bonds. The van der Waals surface area contributed by atoms with Crippen molar-refractivity contribution < 1.29 is 114 Å². The van der Waals surface area contributed by atoms with Crippen LogP contribution in [0.15, 0.2) is 0 Å². The van der Waals surface area contributed by atoms with E-state index in [1.165, 1.54) is 0 Å². The van der Waals surface area contributed by atoms with E-state index in [1.54, 1.807) is 0 Å². The molecule has 32 atom stereocenters. The van der Waals surface area contributed by atoms with Gasteiger partial charge in [-0.05, 0) is 97.7 Å². The van der Waals surface area contributed by atoms with Gasteiger partial charge in [0.2, 0.25) is 0 Å². The topological polar surface area (TPSA) is 355 Å². The van der Waals surface area contributed by atoms with Gasteiger partial charge in [0.05, 0.1) is 51.3 Å². The minimum absolute atomic E-state index is 0.0758. The molecule has 0 bridgehead atoms. The van der Waals surface area contributed by atoms with Crippen molar-refractivity contribution in [3.05, 3.63) is 0 Å². The minimum Gasteiger partial charge on any atom is -0.394 e. The van der Waals surface area contributed by atoms with Crippen molar-refractivity contribution in [3.63, 3.8) is 0 Å². The summed E-state index contributed by atoms with van der Waals surface area (Å²) >= 11 is 0. The molecule has 0 aromatic heterocycles. The maximum atomic E-state index is 12.1. The fourth-order valence-electron chi connectivity index (χ4n) is 15.8. The van der Waals surface area contributed by atoms with E-state index in [9.17, 15) is 66.4 Å². The zero-order valence-corrected chi connectivity index (χ0v) is 42.0. The summed E-state index contributed by atoms with van der Waals surface area (Å²) in [6, 6.07) is 0. The van der Waals surface area contributed by atoms with E-state index in [2.05, 4.69) is 27.7 Å². The zero-order valence-electron chi connectivity index (χ0n) is 42.0. The molecule has 6 aliphatic heterocycles. The molecule has 23 heteroatoms. The van der Waals surface area contributed by atoms with Crippen molar-refractivity contribution in [1.29, 1.82) is 0 Å². The van der Waals surface area contributed by atoms with Crippen molar-refractivity contribution in [1.82, 2.24) is 0 Å². The lowest BCUT2D eigenvalue weighted by Crippen LogP contribution is -2.67. The highest BCUT2D eigenvalue weighted by atomic mass is 16.8. The standard InChI is InChI=1S/C50H82O23/c1-19-5-10-50(66-16-19)20(2)32-28(73-50)13-24-22-12-26(53)25-11-21(6-8-48(25,3)23(22)7-9-49(24,32)4)67-45-40(62)38(60)35(57)31(70-45)18-65-47-43(72-46-41(63)37(59)34(56)29(14-51)68-46)42(36(58)30(15-52)69-47)71-44-39(61)33(55)27(54)17-64-44/h19-47,51-63H,5-18H2,1-4H3/t19-,20+,21+,22-,23+,24+,25-,26-,27-,28+,29-,30-,31-,32+,33+,34-,35+,36-,37+,38+,39-,40-,41-,42+,43-,44+,45-,46+,47-,48-,49+,50-/m1/s1. The van der Waals surface area contributed by atoms with Gasteiger partial charge in [-0.15, -0.1) is 0 Å². The van der Waals surface area contributed by atoms with Crippen LogP contribution in [0.5, 0.6) is 0 Å². The first-order chi connectivity index (χ1) is 34.6. The fraction of sp³-hybridized carbons (Fsp3) is 1.00. The summed E-state index contributed by atoms with van der Waals surface area (Å²) in [6.45, 7) is 7.23. The molecule has 0 aromatic rings. The maximum Gasteiger partial charge on any atom is 0.187 e. The molecule has 4 aliphatic carbocycles. The molecule has 23 nitrogen and oxygen atoms in total. The van der Waals surface area contributed by atoms with Crippen LogP contribution in [0.3, 0.4) is 0 Å². The average Bonchev–Trinajstić information content (AvgIpc) is 3.82. The van der Waals surface area contributed by atoms with Gasteiger partial charge in [0.15, 0.2) is 30.9 Å². The highest BCUT2D eigenvalue weighted by molar-refractivity contribution is 5.16. The summed E-state index contributed by atoms with van der Waals surface area (Å²) in [4.78, 5) is 0. The smallest absolute Gasteiger partial charge is 0.187 e. The van der Waals surface area contributed by atoms with Crippen LogP contribution < -0.4 is 0 Å².